The Morgan fingerprint density at radius 1 is 1.09 bits per heavy atom. The summed E-state index contributed by atoms with van der Waals surface area (Å²) in [6.07, 6.45) is 2.75. The summed E-state index contributed by atoms with van der Waals surface area (Å²) in [4.78, 5) is 23.9. The van der Waals surface area contributed by atoms with E-state index in [9.17, 15) is 22.8 Å². The Kier molecular flexibility index (Phi) is 5.05. The van der Waals surface area contributed by atoms with Gasteiger partial charge in [0.2, 0.25) is 5.91 Å². The van der Waals surface area contributed by atoms with Crippen LogP contribution in [0, 0.1) is 23.4 Å². The molecule has 0 heterocycles. The summed E-state index contributed by atoms with van der Waals surface area (Å²) in [5.41, 5.74) is -0.957. The summed E-state index contributed by atoms with van der Waals surface area (Å²) in [5, 5.41) is 4.97. The van der Waals surface area contributed by atoms with Gasteiger partial charge in [-0.15, -0.1) is 0 Å². The maximum atomic E-state index is 13.6. The minimum atomic E-state index is -1.52. The van der Waals surface area contributed by atoms with Gasteiger partial charge in [-0.1, -0.05) is 12.8 Å². The van der Waals surface area contributed by atoms with E-state index < -0.39 is 40.9 Å². The largest absolute Gasteiger partial charge is 0.359 e. The molecule has 1 aliphatic carbocycles. The van der Waals surface area contributed by atoms with Gasteiger partial charge in [-0.25, -0.2) is 13.2 Å². The van der Waals surface area contributed by atoms with E-state index in [2.05, 4.69) is 10.6 Å². The quantitative estimate of drug-likeness (QED) is 0.840. The molecule has 0 spiro atoms. The first kappa shape index (κ1) is 16.3. The van der Waals surface area contributed by atoms with E-state index in [-0.39, 0.29) is 5.91 Å². The van der Waals surface area contributed by atoms with Crippen molar-refractivity contribution in [1.82, 2.24) is 10.6 Å². The molecule has 2 rings (SSSR count). The van der Waals surface area contributed by atoms with Gasteiger partial charge in [-0.05, 0) is 25.0 Å². The molecule has 0 bridgehead atoms. The highest BCUT2D eigenvalue weighted by Gasteiger charge is 2.33. The van der Waals surface area contributed by atoms with Crippen LogP contribution in [-0.2, 0) is 4.79 Å². The van der Waals surface area contributed by atoms with Crippen LogP contribution in [0.3, 0.4) is 0 Å². The zero-order valence-corrected chi connectivity index (χ0v) is 12.1. The van der Waals surface area contributed by atoms with Crippen molar-refractivity contribution < 1.29 is 22.8 Å². The van der Waals surface area contributed by atoms with Gasteiger partial charge in [-0.2, -0.15) is 0 Å². The Hall–Kier alpha value is -2.05. The molecule has 4 nitrogen and oxygen atoms in total. The third kappa shape index (κ3) is 3.23. The lowest BCUT2D eigenvalue weighted by atomic mass is 9.83. The summed E-state index contributed by atoms with van der Waals surface area (Å²) < 4.78 is 40.4. The average molecular weight is 314 g/mol. The van der Waals surface area contributed by atoms with E-state index in [1.807, 2.05) is 0 Å². The highest BCUT2D eigenvalue weighted by atomic mass is 19.2. The molecular formula is C15H17F3N2O2. The average Bonchev–Trinajstić information content (AvgIpc) is 2.51. The van der Waals surface area contributed by atoms with E-state index in [0.717, 1.165) is 12.8 Å². The monoisotopic (exact) mass is 314 g/mol. The van der Waals surface area contributed by atoms with Gasteiger partial charge in [0.05, 0.1) is 5.92 Å². The van der Waals surface area contributed by atoms with E-state index in [1.54, 1.807) is 0 Å². The second-order valence-corrected chi connectivity index (χ2v) is 5.30. The van der Waals surface area contributed by atoms with E-state index in [1.165, 1.54) is 7.05 Å². The van der Waals surface area contributed by atoms with Crippen LogP contribution in [0.2, 0.25) is 0 Å². The second-order valence-electron chi connectivity index (χ2n) is 5.30. The fourth-order valence-corrected chi connectivity index (χ4v) is 2.78. The van der Waals surface area contributed by atoms with Crippen LogP contribution in [0.15, 0.2) is 12.1 Å². The summed E-state index contributed by atoms with van der Waals surface area (Å²) in [5.74, 6) is -5.69. The van der Waals surface area contributed by atoms with Crippen LogP contribution in [0.5, 0.6) is 0 Å². The third-order valence-corrected chi connectivity index (χ3v) is 3.94. The van der Waals surface area contributed by atoms with Crippen LogP contribution in [0.1, 0.15) is 36.0 Å². The molecule has 0 aromatic heterocycles. The number of nitrogens with one attached hydrogen (secondary N) is 2. The predicted molar refractivity (Wildman–Crippen MR) is 73.6 cm³/mol. The number of carbonyl (C=O) groups is 2. The second kappa shape index (κ2) is 6.81. The smallest absolute Gasteiger partial charge is 0.257 e. The Morgan fingerprint density at radius 2 is 1.73 bits per heavy atom. The normalized spacial score (nSPS) is 21.3. The van der Waals surface area contributed by atoms with Gasteiger partial charge in [0.1, 0.15) is 11.4 Å². The Bertz CT molecular complexity index is 592. The predicted octanol–water partition coefficient (Wildman–Crippen LogP) is 2.14. The fourth-order valence-electron chi connectivity index (χ4n) is 2.78. The van der Waals surface area contributed by atoms with Crippen molar-refractivity contribution in [3.05, 3.63) is 35.1 Å². The van der Waals surface area contributed by atoms with Gasteiger partial charge in [0, 0.05) is 13.1 Å². The third-order valence-electron chi connectivity index (χ3n) is 3.94. The van der Waals surface area contributed by atoms with Crippen molar-refractivity contribution in [2.75, 3.05) is 7.05 Å². The SMILES string of the molecule is CNC(=O)C1CCCCC1NC(=O)c1c(F)ccc(F)c1F. The van der Waals surface area contributed by atoms with E-state index in [0.29, 0.717) is 25.0 Å². The van der Waals surface area contributed by atoms with Gasteiger partial charge in [0.15, 0.2) is 11.6 Å². The molecule has 2 amide bonds. The highest BCUT2D eigenvalue weighted by Crippen LogP contribution is 2.25. The number of halogens is 3. The first-order chi connectivity index (χ1) is 10.5. The molecule has 2 N–H and O–H groups in total. The minimum absolute atomic E-state index is 0.231. The topological polar surface area (TPSA) is 58.2 Å². The molecule has 22 heavy (non-hydrogen) atoms. The molecule has 1 aliphatic rings. The van der Waals surface area contributed by atoms with Crippen molar-refractivity contribution in [3.8, 4) is 0 Å². The fraction of sp³-hybridized carbons (Fsp3) is 0.467. The summed E-state index contributed by atoms with van der Waals surface area (Å²) in [6.45, 7) is 0. The van der Waals surface area contributed by atoms with Crippen LogP contribution < -0.4 is 10.6 Å². The van der Waals surface area contributed by atoms with Gasteiger partial charge < -0.3 is 10.6 Å². The number of hydrogen-bond donors (Lipinski definition) is 2. The molecule has 1 aromatic rings. The molecule has 0 aliphatic heterocycles. The summed E-state index contributed by atoms with van der Waals surface area (Å²) >= 11 is 0. The van der Waals surface area contributed by atoms with Gasteiger partial charge in [0.25, 0.3) is 5.91 Å². The maximum Gasteiger partial charge on any atom is 0.257 e. The maximum absolute atomic E-state index is 13.6. The van der Waals surface area contributed by atoms with Crippen LogP contribution in [0.25, 0.3) is 0 Å². The molecule has 2 unspecified atom stereocenters. The van der Waals surface area contributed by atoms with Crippen molar-refractivity contribution in [3.63, 3.8) is 0 Å². The molecule has 120 valence electrons. The Balaban J connectivity index is 2.20. The van der Waals surface area contributed by atoms with Crippen molar-refractivity contribution in [2.24, 2.45) is 5.92 Å². The Labute approximate surface area is 126 Å². The molecule has 1 fully saturated rings. The number of rotatable bonds is 3. The molecular weight excluding hydrogens is 297 g/mol. The van der Waals surface area contributed by atoms with Gasteiger partial charge >= 0.3 is 0 Å². The highest BCUT2D eigenvalue weighted by molar-refractivity contribution is 5.95. The number of amides is 2. The van der Waals surface area contributed by atoms with Crippen molar-refractivity contribution >= 4 is 11.8 Å². The number of hydrogen-bond acceptors (Lipinski definition) is 2. The van der Waals surface area contributed by atoms with E-state index in [4.69, 9.17) is 0 Å². The molecule has 7 heteroatoms. The molecule has 1 aromatic carbocycles. The standard InChI is InChI=1S/C15H17F3N2O2/c1-19-14(21)8-4-2-3-5-11(8)20-15(22)12-9(16)6-7-10(17)13(12)18/h6-8,11H,2-5H2,1H3,(H,19,21)(H,20,22). The molecule has 2 atom stereocenters. The van der Waals surface area contributed by atoms with Crippen LogP contribution >= 0.6 is 0 Å². The summed E-state index contributed by atoms with van der Waals surface area (Å²) in [7, 11) is 1.49. The zero-order valence-electron chi connectivity index (χ0n) is 12.1. The van der Waals surface area contributed by atoms with Gasteiger partial charge in [-0.3, -0.25) is 9.59 Å². The lowest BCUT2D eigenvalue weighted by Crippen LogP contribution is -2.48. The molecule has 1 saturated carbocycles. The first-order valence-corrected chi connectivity index (χ1v) is 7.11. The number of benzene rings is 1. The minimum Gasteiger partial charge on any atom is -0.359 e. The zero-order chi connectivity index (χ0) is 16.3. The van der Waals surface area contributed by atoms with Crippen molar-refractivity contribution in [2.45, 2.75) is 31.7 Å². The first-order valence-electron chi connectivity index (χ1n) is 7.11. The van der Waals surface area contributed by atoms with Crippen molar-refractivity contribution in [1.29, 1.82) is 0 Å². The molecule has 0 saturated heterocycles. The summed E-state index contributed by atoms with van der Waals surface area (Å²) in [6, 6.07) is 0.795. The molecule has 0 radical (unpaired) electrons. The van der Waals surface area contributed by atoms with E-state index >= 15 is 0 Å². The lowest BCUT2D eigenvalue weighted by Gasteiger charge is -2.30. The van der Waals surface area contributed by atoms with Crippen LogP contribution in [0.4, 0.5) is 13.2 Å². The number of carbonyl (C=O) groups excluding carboxylic acids is 2. The van der Waals surface area contributed by atoms with Crippen LogP contribution in [-0.4, -0.2) is 24.9 Å². The Morgan fingerprint density at radius 3 is 2.41 bits per heavy atom. The lowest BCUT2D eigenvalue weighted by molar-refractivity contribution is -0.126.